The number of hydrogen-bond donors (Lipinski definition) is 1. The van der Waals surface area contributed by atoms with Crippen LogP contribution in [0, 0.1) is 0 Å². The molecule has 2 fully saturated rings. The molecule has 2 unspecified atom stereocenters. The fourth-order valence-corrected chi connectivity index (χ4v) is 7.41. The molecule has 1 aromatic rings. The maximum absolute atomic E-state index is 12.8. The Morgan fingerprint density at radius 3 is 1.86 bits per heavy atom. The van der Waals surface area contributed by atoms with E-state index < -0.39 is 24.6 Å². The quantitative estimate of drug-likeness (QED) is 0.326. The van der Waals surface area contributed by atoms with Crippen LogP contribution in [0.15, 0.2) is 30.3 Å². The second-order valence-electron chi connectivity index (χ2n) is 10.3. The topological polar surface area (TPSA) is 109 Å². The minimum absolute atomic E-state index is 0.0319. The Kier molecular flexibility index (Phi) is 13.4. The smallest absolute Gasteiger partial charge is 0.339 e. The number of hydrogen-bond acceptors (Lipinski definition) is 6. The number of quaternary nitrogens is 1. The second-order valence-corrected chi connectivity index (χ2v) is 12.5. The number of rotatable bonds is 12. The van der Waals surface area contributed by atoms with Gasteiger partial charge in [0.15, 0.2) is 0 Å². The van der Waals surface area contributed by atoms with Crippen LogP contribution in [-0.4, -0.2) is 43.2 Å². The minimum atomic E-state index is -3.94. The summed E-state index contributed by atoms with van der Waals surface area (Å²) in [4.78, 5) is 23.2. The van der Waals surface area contributed by atoms with Gasteiger partial charge in [0, 0.05) is 5.41 Å². The van der Waals surface area contributed by atoms with Gasteiger partial charge in [-0.25, -0.2) is 0 Å². The van der Waals surface area contributed by atoms with Gasteiger partial charge in [0.05, 0.1) is 31.3 Å². The fraction of sp³-hybridized carbons (Fsp3) is 0.714. The van der Waals surface area contributed by atoms with E-state index in [1.54, 1.807) is 51.1 Å². The van der Waals surface area contributed by atoms with Crippen LogP contribution in [0.2, 0.25) is 0 Å². The van der Waals surface area contributed by atoms with Gasteiger partial charge in [0.25, 0.3) is 0 Å². The molecule has 2 saturated carbocycles. The normalized spacial score (nSPS) is 20.0. The van der Waals surface area contributed by atoms with E-state index in [2.05, 4.69) is 5.32 Å². The van der Waals surface area contributed by atoms with Crippen LogP contribution in [-0.2, 0) is 28.6 Å². The Morgan fingerprint density at radius 2 is 1.47 bits per heavy atom. The van der Waals surface area contributed by atoms with E-state index in [0.717, 1.165) is 12.1 Å². The van der Waals surface area contributed by atoms with Gasteiger partial charge in [-0.1, -0.05) is 43.2 Å². The third-order valence-electron chi connectivity index (χ3n) is 7.43. The number of nitrogens with two attached hydrogens (primary N) is 1. The molecule has 2 aliphatic carbocycles. The zero-order valence-corrected chi connectivity index (χ0v) is 23.3. The van der Waals surface area contributed by atoms with Crippen molar-refractivity contribution in [2.75, 3.05) is 13.2 Å². The molecular formula is C28H46NO6P. The van der Waals surface area contributed by atoms with Crippen LogP contribution in [0.25, 0.3) is 0 Å². The predicted octanol–water partition coefficient (Wildman–Crippen LogP) is 4.13. The van der Waals surface area contributed by atoms with E-state index in [-0.39, 0.29) is 19.6 Å². The highest BCUT2D eigenvalue weighted by molar-refractivity contribution is 7.55. The summed E-state index contributed by atoms with van der Waals surface area (Å²) in [5.74, 6) is -1.56. The lowest BCUT2D eigenvalue weighted by atomic mass is 9.80. The van der Waals surface area contributed by atoms with Crippen molar-refractivity contribution in [1.82, 2.24) is 0 Å². The van der Waals surface area contributed by atoms with E-state index in [4.69, 9.17) is 9.05 Å². The Balaban J connectivity index is 0.000000293. The molecule has 2 aliphatic rings. The summed E-state index contributed by atoms with van der Waals surface area (Å²) in [6, 6.07) is 10.7. The van der Waals surface area contributed by atoms with Crippen LogP contribution in [0.4, 0.5) is 0 Å². The van der Waals surface area contributed by atoms with Crippen LogP contribution in [0.1, 0.15) is 97.0 Å². The summed E-state index contributed by atoms with van der Waals surface area (Å²) in [6.07, 6.45) is 15.4. The van der Waals surface area contributed by atoms with E-state index in [0.29, 0.717) is 11.8 Å². The summed E-state index contributed by atoms with van der Waals surface area (Å²) < 4.78 is 23.0. The van der Waals surface area contributed by atoms with Gasteiger partial charge >= 0.3 is 7.60 Å². The van der Waals surface area contributed by atoms with Gasteiger partial charge in [-0.05, 0) is 84.1 Å². The van der Waals surface area contributed by atoms with Gasteiger partial charge in [-0.3, -0.25) is 4.57 Å². The molecule has 1 aromatic carbocycles. The first-order valence-corrected chi connectivity index (χ1v) is 15.4. The molecular weight excluding hydrogens is 477 g/mol. The third-order valence-corrected chi connectivity index (χ3v) is 9.82. The number of aldehydes is 1. The number of carbonyl (C=O) groups excluding carboxylic acids is 2. The van der Waals surface area contributed by atoms with Gasteiger partial charge in [0.1, 0.15) is 11.9 Å². The van der Waals surface area contributed by atoms with E-state index in [1.807, 2.05) is 0 Å². The number of carboxylic acids is 1. The molecule has 0 amide bonds. The van der Waals surface area contributed by atoms with E-state index in [9.17, 15) is 19.3 Å². The highest BCUT2D eigenvalue weighted by atomic mass is 31.2. The van der Waals surface area contributed by atoms with Gasteiger partial charge in [0.2, 0.25) is 0 Å². The standard InChI is InChI=1S/C16H23O6P.C12H23N/c1-4-21-23(20,22-5-2)14(15(18)19)11-16(3,12-17)13-9-7-6-8-10-13;1-3-7-11(8-4-1)13-12-9-5-2-6-10-12/h6-10,12,14H,4-5,11H2,1-3H3,(H,18,19);11-13H,1-10H2. The summed E-state index contributed by atoms with van der Waals surface area (Å²) in [5.41, 5.74) is -2.05. The molecule has 2 atom stereocenters. The molecule has 7 nitrogen and oxygen atoms in total. The molecule has 0 bridgehead atoms. The maximum atomic E-state index is 12.8. The lowest BCUT2D eigenvalue weighted by Gasteiger charge is -2.33. The molecule has 0 aliphatic heterocycles. The van der Waals surface area contributed by atoms with E-state index >= 15 is 0 Å². The van der Waals surface area contributed by atoms with Gasteiger partial charge < -0.3 is 29.1 Å². The molecule has 0 saturated heterocycles. The molecule has 204 valence electrons. The predicted molar refractivity (Wildman–Crippen MR) is 140 cm³/mol. The molecule has 0 radical (unpaired) electrons. The van der Waals surface area contributed by atoms with Gasteiger partial charge in [-0.2, -0.15) is 0 Å². The van der Waals surface area contributed by atoms with Crippen molar-refractivity contribution in [3.05, 3.63) is 35.9 Å². The van der Waals surface area contributed by atoms with Crippen molar-refractivity contribution in [1.29, 1.82) is 0 Å². The lowest BCUT2D eigenvalue weighted by Crippen LogP contribution is -2.95. The van der Waals surface area contributed by atoms with Crippen LogP contribution in [0.3, 0.4) is 0 Å². The number of carbonyl (C=O) groups is 2. The first-order chi connectivity index (χ1) is 17.3. The lowest BCUT2D eigenvalue weighted by molar-refractivity contribution is -0.725. The zero-order chi connectivity index (χ0) is 26.4. The number of benzene rings is 1. The SMILES string of the molecule is C1CCC([NH2+]C2CCCCC2)CC1.CCOP(=O)(OCC)C(CC(C)(C=O)c1ccccc1)C(=O)[O-]. The molecule has 0 heterocycles. The third kappa shape index (κ3) is 9.41. The zero-order valence-electron chi connectivity index (χ0n) is 22.4. The fourth-order valence-electron chi connectivity index (χ4n) is 5.39. The second kappa shape index (κ2) is 15.7. The molecule has 36 heavy (non-hydrogen) atoms. The van der Waals surface area contributed by atoms with Crippen LogP contribution < -0.4 is 10.4 Å². The average molecular weight is 524 g/mol. The number of carboxylic acid groups (broad SMARTS) is 1. The summed E-state index contributed by atoms with van der Waals surface area (Å²) in [5, 5.41) is 14.3. The summed E-state index contributed by atoms with van der Waals surface area (Å²) in [6.45, 7) is 4.84. The first-order valence-electron chi connectivity index (χ1n) is 13.7. The Hall–Kier alpha value is -1.53. The Labute approximate surface area is 217 Å². The van der Waals surface area contributed by atoms with Crippen molar-refractivity contribution in [3.8, 4) is 0 Å². The Morgan fingerprint density at radius 1 is 1.00 bits per heavy atom. The van der Waals surface area contributed by atoms with Crippen molar-refractivity contribution < 1.29 is 33.6 Å². The Bertz CT molecular complexity index is 797. The molecule has 2 N–H and O–H groups in total. The van der Waals surface area contributed by atoms with Crippen molar-refractivity contribution in [3.63, 3.8) is 0 Å². The highest BCUT2D eigenvalue weighted by Gasteiger charge is 2.42. The molecule has 3 rings (SSSR count). The molecule has 0 aromatic heterocycles. The average Bonchev–Trinajstić information content (AvgIpc) is 2.89. The van der Waals surface area contributed by atoms with Crippen molar-refractivity contribution >= 4 is 19.9 Å². The maximum Gasteiger partial charge on any atom is 0.339 e. The summed E-state index contributed by atoms with van der Waals surface area (Å²) >= 11 is 0. The van der Waals surface area contributed by atoms with Crippen LogP contribution in [0.5, 0.6) is 0 Å². The van der Waals surface area contributed by atoms with Crippen molar-refractivity contribution in [2.45, 2.75) is 115 Å². The molecule has 0 spiro atoms. The molecule has 8 heteroatoms. The first kappa shape index (κ1) is 30.7. The number of aliphatic carboxylic acids is 1. The van der Waals surface area contributed by atoms with Gasteiger partial charge in [-0.15, -0.1) is 0 Å². The van der Waals surface area contributed by atoms with E-state index in [1.165, 1.54) is 64.2 Å². The van der Waals surface area contributed by atoms with Crippen LogP contribution >= 0.6 is 7.60 Å². The summed E-state index contributed by atoms with van der Waals surface area (Å²) in [7, 11) is -3.94. The largest absolute Gasteiger partial charge is 0.549 e. The minimum Gasteiger partial charge on any atom is -0.549 e. The highest BCUT2D eigenvalue weighted by Crippen LogP contribution is 2.55. The van der Waals surface area contributed by atoms with Crippen molar-refractivity contribution in [2.24, 2.45) is 0 Å². The monoisotopic (exact) mass is 523 g/mol.